The second-order valence-corrected chi connectivity index (χ2v) is 8.87. The molecular weight excluding hydrogens is 238 g/mol. The van der Waals surface area contributed by atoms with E-state index in [1.807, 2.05) is 27.7 Å². The minimum absolute atomic E-state index is 0.0816. The number of aliphatic hydroxyl groups excluding tert-OH is 1. The Kier molecular flexibility index (Phi) is 5.67. The van der Waals surface area contributed by atoms with Crippen LogP contribution in [0, 0.1) is 16.7 Å². The Morgan fingerprint density at radius 2 is 1.21 bits per heavy atom. The van der Waals surface area contributed by atoms with Gasteiger partial charge in [-0.15, -0.1) is 0 Å². The summed E-state index contributed by atoms with van der Waals surface area (Å²) in [6.45, 7) is 16.4. The molecule has 0 aromatic carbocycles. The zero-order valence-electron chi connectivity index (χ0n) is 14.2. The van der Waals surface area contributed by atoms with Gasteiger partial charge in [0, 0.05) is 12.1 Å². The minimum Gasteiger partial charge on any atom is -0.396 e. The van der Waals surface area contributed by atoms with Gasteiger partial charge in [-0.05, 0) is 57.3 Å². The van der Waals surface area contributed by atoms with Crippen LogP contribution in [0.3, 0.4) is 0 Å². The molecule has 3 heteroatoms. The average molecular weight is 273 g/mol. The van der Waals surface area contributed by atoms with Crippen LogP contribution < -0.4 is 5.73 Å². The third-order valence-electron chi connectivity index (χ3n) is 3.87. The number of nitrogens with two attached hydrogens (primary N) is 1. The highest BCUT2D eigenvalue weighted by atomic mass is 16.3. The SMILES string of the molecule is CC(C)(N)CC(C)(C)C(CO)C(C)(C)CC(C)(C)O. The molecule has 1 atom stereocenters. The van der Waals surface area contributed by atoms with Gasteiger partial charge >= 0.3 is 0 Å². The first-order chi connectivity index (χ1) is 8.11. The normalized spacial score (nSPS) is 16.6. The van der Waals surface area contributed by atoms with E-state index in [9.17, 15) is 10.2 Å². The first-order valence-corrected chi connectivity index (χ1v) is 7.23. The smallest absolute Gasteiger partial charge is 0.0597 e. The lowest BCUT2D eigenvalue weighted by molar-refractivity contribution is -0.0470. The summed E-state index contributed by atoms with van der Waals surface area (Å²) in [6, 6.07) is 0. The van der Waals surface area contributed by atoms with Crippen LogP contribution in [0.5, 0.6) is 0 Å². The van der Waals surface area contributed by atoms with E-state index < -0.39 is 5.60 Å². The molecule has 0 heterocycles. The highest BCUT2D eigenvalue weighted by Gasteiger charge is 2.43. The van der Waals surface area contributed by atoms with Crippen LogP contribution in [0.4, 0.5) is 0 Å². The van der Waals surface area contributed by atoms with Crippen molar-refractivity contribution in [3.8, 4) is 0 Å². The van der Waals surface area contributed by atoms with Gasteiger partial charge in [0.25, 0.3) is 0 Å². The molecule has 0 saturated carbocycles. The van der Waals surface area contributed by atoms with Crippen molar-refractivity contribution >= 4 is 0 Å². The number of rotatable bonds is 7. The predicted octanol–water partition coefficient (Wildman–Crippen LogP) is 2.94. The molecule has 0 aliphatic rings. The van der Waals surface area contributed by atoms with Crippen molar-refractivity contribution in [1.29, 1.82) is 0 Å². The first kappa shape index (κ1) is 18.9. The maximum absolute atomic E-state index is 10.1. The van der Waals surface area contributed by atoms with Crippen LogP contribution in [-0.4, -0.2) is 28.0 Å². The summed E-state index contributed by atoms with van der Waals surface area (Å²) in [6.07, 6.45) is 1.49. The fourth-order valence-electron chi connectivity index (χ4n) is 4.09. The minimum atomic E-state index is -0.731. The summed E-state index contributed by atoms with van der Waals surface area (Å²) in [4.78, 5) is 0. The Morgan fingerprint density at radius 3 is 1.47 bits per heavy atom. The maximum Gasteiger partial charge on any atom is 0.0597 e. The van der Waals surface area contributed by atoms with Gasteiger partial charge in [0.15, 0.2) is 0 Å². The molecule has 3 nitrogen and oxygen atoms in total. The summed E-state index contributed by atoms with van der Waals surface area (Å²) in [7, 11) is 0. The van der Waals surface area contributed by atoms with E-state index in [4.69, 9.17) is 5.73 Å². The molecule has 0 aliphatic heterocycles. The van der Waals surface area contributed by atoms with Gasteiger partial charge in [-0.3, -0.25) is 0 Å². The topological polar surface area (TPSA) is 66.5 Å². The molecule has 0 rings (SSSR count). The van der Waals surface area contributed by atoms with Crippen molar-refractivity contribution in [3.63, 3.8) is 0 Å². The number of hydrogen-bond donors (Lipinski definition) is 3. The molecule has 0 aliphatic carbocycles. The Hall–Kier alpha value is -0.120. The molecule has 116 valence electrons. The molecule has 0 aromatic heterocycles. The molecule has 0 fully saturated rings. The Bertz CT molecular complexity index is 254. The summed E-state index contributed by atoms with van der Waals surface area (Å²) in [5.41, 5.74) is 4.93. The van der Waals surface area contributed by atoms with Gasteiger partial charge in [0.1, 0.15) is 0 Å². The van der Waals surface area contributed by atoms with E-state index in [2.05, 4.69) is 27.7 Å². The zero-order valence-corrected chi connectivity index (χ0v) is 14.2. The number of hydrogen-bond acceptors (Lipinski definition) is 3. The van der Waals surface area contributed by atoms with Gasteiger partial charge in [-0.2, -0.15) is 0 Å². The average Bonchev–Trinajstić information content (AvgIpc) is 1.91. The summed E-state index contributed by atoms with van der Waals surface area (Å²) < 4.78 is 0. The van der Waals surface area contributed by atoms with Crippen molar-refractivity contribution in [1.82, 2.24) is 0 Å². The van der Waals surface area contributed by atoms with Crippen LogP contribution in [0.25, 0.3) is 0 Å². The highest BCUT2D eigenvalue weighted by Crippen LogP contribution is 2.47. The summed E-state index contributed by atoms with van der Waals surface area (Å²) >= 11 is 0. The lowest BCUT2D eigenvalue weighted by Gasteiger charge is -2.48. The second-order valence-electron chi connectivity index (χ2n) is 8.87. The van der Waals surface area contributed by atoms with E-state index in [0.717, 1.165) is 6.42 Å². The molecular formula is C16H35NO2. The van der Waals surface area contributed by atoms with Crippen molar-refractivity contribution in [2.24, 2.45) is 22.5 Å². The van der Waals surface area contributed by atoms with Crippen LogP contribution >= 0.6 is 0 Å². The van der Waals surface area contributed by atoms with Crippen molar-refractivity contribution in [2.75, 3.05) is 6.61 Å². The summed E-state index contributed by atoms with van der Waals surface area (Å²) in [5, 5.41) is 20.0. The monoisotopic (exact) mass is 273 g/mol. The predicted molar refractivity (Wildman–Crippen MR) is 81.9 cm³/mol. The molecule has 0 radical (unpaired) electrons. The molecule has 19 heavy (non-hydrogen) atoms. The molecule has 0 spiro atoms. The third kappa shape index (κ3) is 6.73. The van der Waals surface area contributed by atoms with E-state index in [0.29, 0.717) is 6.42 Å². The van der Waals surface area contributed by atoms with Crippen LogP contribution in [0.2, 0.25) is 0 Å². The standard InChI is InChI=1S/C16H35NO2/c1-13(2,10-15(5,6)17)12(9-18)14(3,4)11-16(7,8)19/h12,18-19H,9-11,17H2,1-8H3. The lowest BCUT2D eigenvalue weighted by Crippen LogP contribution is -2.47. The van der Waals surface area contributed by atoms with E-state index in [-0.39, 0.29) is 28.9 Å². The van der Waals surface area contributed by atoms with Crippen LogP contribution in [0.15, 0.2) is 0 Å². The molecule has 0 bridgehead atoms. The molecule has 1 unspecified atom stereocenters. The maximum atomic E-state index is 10.1. The quantitative estimate of drug-likeness (QED) is 0.668. The van der Waals surface area contributed by atoms with Crippen molar-refractivity contribution in [2.45, 2.75) is 79.4 Å². The Balaban J connectivity index is 5.18. The van der Waals surface area contributed by atoms with Gasteiger partial charge in [-0.25, -0.2) is 0 Å². The fourth-order valence-corrected chi connectivity index (χ4v) is 4.09. The second kappa shape index (κ2) is 5.71. The fraction of sp³-hybridized carbons (Fsp3) is 1.00. The van der Waals surface area contributed by atoms with E-state index >= 15 is 0 Å². The van der Waals surface area contributed by atoms with Crippen molar-refractivity contribution < 1.29 is 10.2 Å². The third-order valence-corrected chi connectivity index (χ3v) is 3.87. The highest BCUT2D eigenvalue weighted by molar-refractivity contribution is 4.95. The Labute approximate surface area is 119 Å². The largest absolute Gasteiger partial charge is 0.396 e. The Morgan fingerprint density at radius 1 is 0.842 bits per heavy atom. The first-order valence-electron chi connectivity index (χ1n) is 7.23. The van der Waals surface area contributed by atoms with Crippen LogP contribution in [0.1, 0.15) is 68.2 Å². The lowest BCUT2D eigenvalue weighted by atomic mass is 9.59. The van der Waals surface area contributed by atoms with Gasteiger partial charge in [0.2, 0.25) is 0 Å². The molecule has 0 amide bonds. The zero-order chi connectivity index (χ0) is 15.7. The van der Waals surface area contributed by atoms with Gasteiger partial charge in [0.05, 0.1) is 5.60 Å². The van der Waals surface area contributed by atoms with Gasteiger partial charge < -0.3 is 15.9 Å². The van der Waals surface area contributed by atoms with Crippen molar-refractivity contribution in [3.05, 3.63) is 0 Å². The summed E-state index contributed by atoms with van der Waals surface area (Å²) in [5.74, 6) is 0.0919. The van der Waals surface area contributed by atoms with Gasteiger partial charge in [-0.1, -0.05) is 27.7 Å². The molecule has 0 saturated heterocycles. The molecule has 4 N–H and O–H groups in total. The van der Waals surface area contributed by atoms with E-state index in [1.54, 1.807) is 0 Å². The molecule has 0 aromatic rings. The van der Waals surface area contributed by atoms with Crippen LogP contribution in [-0.2, 0) is 0 Å². The van der Waals surface area contributed by atoms with E-state index in [1.165, 1.54) is 0 Å². The number of aliphatic hydroxyl groups is 2.